The molecule has 20 heavy (non-hydrogen) atoms. The second kappa shape index (κ2) is 5.47. The van der Waals surface area contributed by atoms with E-state index in [1.54, 1.807) is 0 Å². The summed E-state index contributed by atoms with van der Waals surface area (Å²) in [4.78, 5) is 26.7. The van der Waals surface area contributed by atoms with Crippen molar-refractivity contribution in [3.63, 3.8) is 0 Å². The first-order valence-corrected chi connectivity index (χ1v) is 5.77. The molecule has 1 aromatic carbocycles. The minimum atomic E-state index is -1.34. The Morgan fingerprint density at radius 2 is 2.20 bits per heavy atom. The molecule has 104 valence electrons. The molecule has 0 bridgehead atoms. The summed E-state index contributed by atoms with van der Waals surface area (Å²) in [6.45, 7) is 1.82. The molecule has 8 heteroatoms. The van der Waals surface area contributed by atoms with Gasteiger partial charge in [-0.25, -0.2) is 14.2 Å². The quantitative estimate of drug-likeness (QED) is 0.784. The molecule has 0 aliphatic carbocycles. The Balaban J connectivity index is 2.30. The highest BCUT2D eigenvalue weighted by Crippen LogP contribution is 2.20. The Morgan fingerprint density at radius 3 is 2.80 bits per heavy atom. The zero-order chi connectivity index (χ0) is 14.7. The van der Waals surface area contributed by atoms with E-state index in [4.69, 9.17) is 5.11 Å². The Bertz CT molecular complexity index is 668. The number of carbonyl (C=O) groups is 2. The zero-order valence-electron chi connectivity index (χ0n) is 10.5. The lowest BCUT2D eigenvalue weighted by Crippen LogP contribution is -2.17. The van der Waals surface area contributed by atoms with Crippen LogP contribution in [0.4, 0.5) is 10.1 Å². The van der Waals surface area contributed by atoms with Gasteiger partial charge in [0.15, 0.2) is 0 Å². The highest BCUT2D eigenvalue weighted by atomic mass is 19.1. The van der Waals surface area contributed by atoms with Gasteiger partial charge in [-0.15, -0.1) is 5.10 Å². The van der Waals surface area contributed by atoms with Crippen LogP contribution in [-0.4, -0.2) is 32.2 Å². The molecular formula is C12H11FN4O3. The summed E-state index contributed by atoms with van der Waals surface area (Å²) in [5.74, 6) is -2.65. The monoisotopic (exact) mass is 278 g/mol. The molecule has 1 amide bonds. The molecule has 0 atom stereocenters. The summed E-state index contributed by atoms with van der Waals surface area (Å²) in [6.07, 6.45) is 0.556. The van der Waals surface area contributed by atoms with Crippen LogP contribution in [0.5, 0.6) is 0 Å². The second-order valence-electron chi connectivity index (χ2n) is 3.88. The molecule has 0 saturated carbocycles. The number of aromatic nitrogens is 3. The SMILES string of the molecule is CCc1nc(C(=O)Nc2c(F)cccc2C(=O)O)n[nH]1. The van der Waals surface area contributed by atoms with Crippen molar-refractivity contribution in [2.75, 3.05) is 5.32 Å². The largest absolute Gasteiger partial charge is 0.478 e. The van der Waals surface area contributed by atoms with Gasteiger partial charge in [0.1, 0.15) is 11.6 Å². The third kappa shape index (κ3) is 2.63. The van der Waals surface area contributed by atoms with E-state index >= 15 is 0 Å². The maximum Gasteiger partial charge on any atom is 0.337 e. The van der Waals surface area contributed by atoms with Crippen molar-refractivity contribution >= 4 is 17.6 Å². The molecule has 0 aliphatic heterocycles. The molecule has 2 rings (SSSR count). The summed E-state index contributed by atoms with van der Waals surface area (Å²) < 4.78 is 13.6. The van der Waals surface area contributed by atoms with Gasteiger partial charge in [-0.2, -0.15) is 0 Å². The number of aryl methyl sites for hydroxylation is 1. The minimum absolute atomic E-state index is 0.179. The molecule has 0 aliphatic rings. The Labute approximate surface area is 112 Å². The Hall–Kier alpha value is -2.77. The minimum Gasteiger partial charge on any atom is -0.478 e. The van der Waals surface area contributed by atoms with E-state index in [1.807, 2.05) is 6.92 Å². The molecule has 3 N–H and O–H groups in total. The van der Waals surface area contributed by atoms with Gasteiger partial charge in [0.25, 0.3) is 5.91 Å². The smallest absolute Gasteiger partial charge is 0.337 e. The van der Waals surface area contributed by atoms with Crippen LogP contribution in [0.2, 0.25) is 0 Å². The fourth-order valence-electron chi connectivity index (χ4n) is 1.55. The van der Waals surface area contributed by atoms with Crippen molar-refractivity contribution in [1.82, 2.24) is 15.2 Å². The van der Waals surface area contributed by atoms with Crippen LogP contribution < -0.4 is 5.32 Å². The van der Waals surface area contributed by atoms with Crippen LogP contribution in [0.3, 0.4) is 0 Å². The number of aromatic amines is 1. The zero-order valence-corrected chi connectivity index (χ0v) is 10.5. The van der Waals surface area contributed by atoms with Crippen molar-refractivity contribution in [2.45, 2.75) is 13.3 Å². The van der Waals surface area contributed by atoms with Gasteiger partial charge in [-0.1, -0.05) is 13.0 Å². The maximum atomic E-state index is 13.6. The molecule has 0 radical (unpaired) electrons. The van der Waals surface area contributed by atoms with Gasteiger partial charge in [0.2, 0.25) is 5.82 Å². The summed E-state index contributed by atoms with van der Waals surface area (Å²) >= 11 is 0. The lowest BCUT2D eigenvalue weighted by Gasteiger charge is -2.07. The van der Waals surface area contributed by atoms with E-state index in [0.29, 0.717) is 12.2 Å². The molecule has 1 aromatic heterocycles. The number of nitrogens with zero attached hydrogens (tertiary/aromatic N) is 2. The first-order valence-electron chi connectivity index (χ1n) is 5.77. The van der Waals surface area contributed by atoms with Crippen LogP contribution in [-0.2, 0) is 6.42 Å². The van der Waals surface area contributed by atoms with Crippen molar-refractivity contribution < 1.29 is 19.1 Å². The Kier molecular flexibility index (Phi) is 3.74. The maximum absolute atomic E-state index is 13.6. The fraction of sp³-hybridized carbons (Fsp3) is 0.167. The summed E-state index contributed by atoms with van der Waals surface area (Å²) in [7, 11) is 0. The number of hydrogen-bond acceptors (Lipinski definition) is 4. The third-order valence-electron chi connectivity index (χ3n) is 2.55. The molecule has 0 spiro atoms. The number of rotatable bonds is 4. The van der Waals surface area contributed by atoms with E-state index in [-0.39, 0.29) is 11.4 Å². The highest BCUT2D eigenvalue weighted by Gasteiger charge is 2.19. The van der Waals surface area contributed by atoms with Gasteiger partial charge in [-0.05, 0) is 12.1 Å². The van der Waals surface area contributed by atoms with E-state index < -0.39 is 23.4 Å². The number of amides is 1. The number of halogens is 1. The van der Waals surface area contributed by atoms with Crippen LogP contribution >= 0.6 is 0 Å². The molecule has 1 heterocycles. The van der Waals surface area contributed by atoms with Gasteiger partial charge in [0, 0.05) is 6.42 Å². The van der Waals surface area contributed by atoms with E-state index in [0.717, 1.165) is 6.07 Å². The lowest BCUT2D eigenvalue weighted by atomic mass is 10.1. The van der Waals surface area contributed by atoms with Crippen molar-refractivity contribution in [3.05, 3.63) is 41.2 Å². The summed E-state index contributed by atoms with van der Waals surface area (Å²) in [5, 5.41) is 17.3. The summed E-state index contributed by atoms with van der Waals surface area (Å²) in [6, 6.07) is 3.49. The highest BCUT2D eigenvalue weighted by molar-refractivity contribution is 6.05. The van der Waals surface area contributed by atoms with Crippen molar-refractivity contribution in [1.29, 1.82) is 0 Å². The number of para-hydroxylation sites is 1. The lowest BCUT2D eigenvalue weighted by molar-refractivity contribution is 0.0697. The second-order valence-corrected chi connectivity index (χ2v) is 3.88. The topological polar surface area (TPSA) is 108 Å². The standard InChI is InChI=1S/C12H11FN4O3/c1-2-8-14-10(17-16-8)11(18)15-9-6(12(19)20)4-3-5-7(9)13/h3-5H,2H2,1H3,(H,15,18)(H,19,20)(H,14,16,17). The first kappa shape index (κ1) is 13.7. The molecule has 7 nitrogen and oxygen atoms in total. The van der Waals surface area contributed by atoms with Crippen LogP contribution in [0, 0.1) is 5.82 Å². The number of hydrogen-bond donors (Lipinski definition) is 3. The van der Waals surface area contributed by atoms with Gasteiger partial charge in [-0.3, -0.25) is 9.89 Å². The molecule has 0 saturated heterocycles. The fourth-order valence-corrected chi connectivity index (χ4v) is 1.55. The van der Waals surface area contributed by atoms with E-state index in [9.17, 15) is 14.0 Å². The molecule has 0 unspecified atom stereocenters. The third-order valence-corrected chi connectivity index (χ3v) is 2.55. The van der Waals surface area contributed by atoms with Crippen LogP contribution in [0.1, 0.15) is 33.7 Å². The van der Waals surface area contributed by atoms with Gasteiger partial charge < -0.3 is 10.4 Å². The average molecular weight is 278 g/mol. The summed E-state index contributed by atoms with van der Waals surface area (Å²) in [5.41, 5.74) is -0.752. The molecule has 2 aromatic rings. The predicted molar refractivity (Wildman–Crippen MR) is 67.1 cm³/mol. The van der Waals surface area contributed by atoms with E-state index in [1.165, 1.54) is 12.1 Å². The van der Waals surface area contributed by atoms with Crippen molar-refractivity contribution in [2.24, 2.45) is 0 Å². The normalized spacial score (nSPS) is 10.3. The molecular weight excluding hydrogens is 267 g/mol. The van der Waals surface area contributed by atoms with Crippen LogP contribution in [0.25, 0.3) is 0 Å². The first-order chi connectivity index (χ1) is 9.52. The molecule has 0 fully saturated rings. The number of H-pyrrole nitrogens is 1. The number of benzene rings is 1. The van der Waals surface area contributed by atoms with Gasteiger partial charge >= 0.3 is 5.97 Å². The average Bonchev–Trinajstić information content (AvgIpc) is 2.89. The number of aromatic carboxylic acids is 1. The van der Waals surface area contributed by atoms with Crippen molar-refractivity contribution in [3.8, 4) is 0 Å². The number of anilines is 1. The Morgan fingerprint density at radius 1 is 1.45 bits per heavy atom. The van der Waals surface area contributed by atoms with Crippen LogP contribution in [0.15, 0.2) is 18.2 Å². The van der Waals surface area contributed by atoms with Gasteiger partial charge in [0.05, 0.1) is 11.3 Å². The number of carboxylic acid groups (broad SMARTS) is 1. The predicted octanol–water partition coefficient (Wildman–Crippen LogP) is 1.46. The number of nitrogens with one attached hydrogen (secondary N) is 2. The van der Waals surface area contributed by atoms with E-state index in [2.05, 4.69) is 20.5 Å². The number of carboxylic acids is 1. The number of carbonyl (C=O) groups excluding carboxylic acids is 1.